The summed E-state index contributed by atoms with van der Waals surface area (Å²) in [5.74, 6) is -1.41. The molecule has 156 valence electrons. The van der Waals surface area contributed by atoms with Crippen LogP contribution in [0, 0.1) is 0 Å². The molecule has 0 aromatic heterocycles. The molecule has 5 unspecified atom stereocenters. The first-order valence-corrected chi connectivity index (χ1v) is 9.27. The van der Waals surface area contributed by atoms with Crippen LogP contribution >= 0.6 is 0 Å². The summed E-state index contributed by atoms with van der Waals surface area (Å²) in [5.41, 5.74) is 0.603. The fourth-order valence-corrected chi connectivity index (χ4v) is 3.48. The zero-order valence-electron chi connectivity index (χ0n) is 15.5. The van der Waals surface area contributed by atoms with Crippen molar-refractivity contribution in [1.29, 1.82) is 0 Å². The van der Waals surface area contributed by atoms with Crippen molar-refractivity contribution in [2.24, 2.45) is 0 Å². The number of aliphatic hydroxyl groups excluding tert-OH is 4. The number of hydrogen-bond donors (Lipinski definition) is 6. The zero-order chi connectivity index (χ0) is 21.1. The lowest BCUT2D eigenvalue weighted by Crippen LogP contribution is -2.55. The molecule has 2 aromatic carbocycles. The molecule has 2 aromatic rings. The van der Waals surface area contributed by atoms with Crippen LogP contribution in [0.1, 0.15) is 34.0 Å². The van der Waals surface area contributed by atoms with E-state index in [4.69, 9.17) is 4.74 Å². The minimum absolute atomic E-state index is 0.0642. The van der Waals surface area contributed by atoms with Gasteiger partial charge < -0.3 is 35.4 Å². The highest BCUT2D eigenvalue weighted by molar-refractivity contribution is 5.99. The van der Waals surface area contributed by atoms with Gasteiger partial charge >= 0.3 is 0 Å². The van der Waals surface area contributed by atoms with E-state index in [0.717, 1.165) is 5.56 Å². The van der Waals surface area contributed by atoms with Crippen molar-refractivity contribution in [1.82, 2.24) is 0 Å². The Morgan fingerprint density at radius 2 is 1.62 bits per heavy atom. The molecule has 0 bridgehead atoms. The lowest BCUT2D eigenvalue weighted by atomic mass is 9.88. The first-order valence-electron chi connectivity index (χ1n) is 9.27. The minimum Gasteiger partial charge on any atom is -0.507 e. The summed E-state index contributed by atoms with van der Waals surface area (Å²) < 4.78 is 5.40. The third kappa shape index (κ3) is 4.26. The number of rotatable bonds is 6. The highest BCUT2D eigenvalue weighted by Crippen LogP contribution is 2.43. The monoisotopic (exact) mass is 404 g/mol. The average Bonchev–Trinajstić information content (AvgIpc) is 2.72. The van der Waals surface area contributed by atoms with Crippen LogP contribution in [0.2, 0.25) is 0 Å². The number of Topliss-reactive ketones (excluding diaryl/α,β-unsaturated/α-hetero) is 1. The Kier molecular flexibility index (Phi) is 6.51. The van der Waals surface area contributed by atoms with Crippen LogP contribution in [-0.2, 0) is 11.2 Å². The standard InChI is InChI=1S/C21H24O8/c22-10-15-18(26)19(27)20(28)21(29-15)16-14(24)9-7-12(17(16)25)13(23)8-6-11-4-2-1-3-5-11/h1-5,7,9,15,18-22,24-28H,6,8,10H2. The zero-order valence-corrected chi connectivity index (χ0v) is 15.5. The van der Waals surface area contributed by atoms with Gasteiger partial charge in [0.25, 0.3) is 0 Å². The first kappa shape index (κ1) is 21.2. The molecular weight excluding hydrogens is 380 g/mol. The predicted molar refractivity (Wildman–Crippen MR) is 102 cm³/mol. The summed E-state index contributed by atoms with van der Waals surface area (Å²) >= 11 is 0. The Balaban J connectivity index is 1.87. The van der Waals surface area contributed by atoms with E-state index in [9.17, 15) is 35.4 Å². The molecular formula is C21H24O8. The van der Waals surface area contributed by atoms with Gasteiger partial charge in [-0.15, -0.1) is 0 Å². The van der Waals surface area contributed by atoms with Crippen molar-refractivity contribution in [3.05, 3.63) is 59.2 Å². The number of benzene rings is 2. The molecule has 0 radical (unpaired) electrons. The lowest BCUT2D eigenvalue weighted by molar-refractivity contribution is -0.232. The van der Waals surface area contributed by atoms with E-state index in [1.54, 1.807) is 0 Å². The molecule has 1 aliphatic heterocycles. The van der Waals surface area contributed by atoms with Gasteiger partial charge in [0.1, 0.15) is 42.0 Å². The number of phenols is 2. The Bertz CT molecular complexity index is 851. The van der Waals surface area contributed by atoms with Gasteiger partial charge in [0.15, 0.2) is 5.78 Å². The summed E-state index contributed by atoms with van der Waals surface area (Å²) in [5, 5.41) is 60.4. The number of phenolic OH excluding ortho intramolecular Hbond substituents is 2. The van der Waals surface area contributed by atoms with Crippen molar-refractivity contribution in [3.63, 3.8) is 0 Å². The molecule has 0 saturated carbocycles. The van der Waals surface area contributed by atoms with Crippen molar-refractivity contribution >= 4 is 5.78 Å². The fraction of sp³-hybridized carbons (Fsp3) is 0.381. The second-order valence-corrected chi connectivity index (χ2v) is 7.05. The number of aliphatic hydroxyl groups is 4. The molecule has 6 N–H and O–H groups in total. The Morgan fingerprint density at radius 3 is 2.28 bits per heavy atom. The van der Waals surface area contributed by atoms with Crippen LogP contribution in [0.4, 0.5) is 0 Å². The van der Waals surface area contributed by atoms with Crippen LogP contribution in [0.3, 0.4) is 0 Å². The van der Waals surface area contributed by atoms with E-state index in [-0.39, 0.29) is 23.3 Å². The first-order chi connectivity index (χ1) is 13.8. The Hall–Kier alpha value is -2.49. The summed E-state index contributed by atoms with van der Waals surface area (Å²) in [6, 6.07) is 11.8. The van der Waals surface area contributed by atoms with Crippen LogP contribution in [0.25, 0.3) is 0 Å². The molecule has 0 amide bonds. The van der Waals surface area contributed by atoms with Crippen molar-refractivity contribution in [2.75, 3.05) is 6.61 Å². The van der Waals surface area contributed by atoms with Crippen LogP contribution in [-0.4, -0.2) is 67.4 Å². The van der Waals surface area contributed by atoms with Gasteiger partial charge in [-0.1, -0.05) is 30.3 Å². The second-order valence-electron chi connectivity index (χ2n) is 7.05. The van der Waals surface area contributed by atoms with Crippen LogP contribution < -0.4 is 0 Å². The summed E-state index contributed by atoms with van der Waals surface area (Å²) in [6.07, 6.45) is -7.05. The highest BCUT2D eigenvalue weighted by atomic mass is 16.5. The molecule has 8 nitrogen and oxygen atoms in total. The topological polar surface area (TPSA) is 148 Å². The summed E-state index contributed by atoms with van der Waals surface area (Å²) in [6.45, 7) is -0.654. The van der Waals surface area contributed by atoms with Crippen LogP contribution in [0.5, 0.6) is 11.5 Å². The highest BCUT2D eigenvalue weighted by Gasteiger charge is 2.46. The van der Waals surface area contributed by atoms with E-state index in [2.05, 4.69) is 0 Å². The number of ketones is 1. The van der Waals surface area contributed by atoms with E-state index in [0.29, 0.717) is 6.42 Å². The van der Waals surface area contributed by atoms with Crippen LogP contribution in [0.15, 0.2) is 42.5 Å². The molecule has 1 heterocycles. The van der Waals surface area contributed by atoms with Gasteiger partial charge in [-0.3, -0.25) is 4.79 Å². The normalized spacial score (nSPS) is 27.0. The van der Waals surface area contributed by atoms with E-state index >= 15 is 0 Å². The second kappa shape index (κ2) is 8.89. The average molecular weight is 404 g/mol. The van der Waals surface area contributed by atoms with Gasteiger partial charge in [-0.2, -0.15) is 0 Å². The van der Waals surface area contributed by atoms with Gasteiger partial charge in [-0.25, -0.2) is 0 Å². The lowest BCUT2D eigenvalue weighted by Gasteiger charge is -2.40. The van der Waals surface area contributed by atoms with Gasteiger partial charge in [-0.05, 0) is 24.1 Å². The van der Waals surface area contributed by atoms with E-state index in [1.807, 2.05) is 30.3 Å². The third-order valence-electron chi connectivity index (χ3n) is 5.15. The van der Waals surface area contributed by atoms with E-state index < -0.39 is 48.6 Å². The maximum atomic E-state index is 12.6. The molecule has 1 saturated heterocycles. The summed E-state index contributed by atoms with van der Waals surface area (Å²) in [4.78, 5) is 12.6. The van der Waals surface area contributed by atoms with Gasteiger partial charge in [0, 0.05) is 6.42 Å². The number of aryl methyl sites for hydroxylation is 1. The maximum Gasteiger partial charge on any atom is 0.166 e. The molecule has 0 aliphatic carbocycles. The predicted octanol–water partition coefficient (Wildman–Crippen LogP) is 0.428. The number of hydrogen-bond acceptors (Lipinski definition) is 8. The molecule has 8 heteroatoms. The smallest absolute Gasteiger partial charge is 0.166 e. The maximum absolute atomic E-state index is 12.6. The number of ether oxygens (including phenoxy) is 1. The van der Waals surface area contributed by atoms with Crippen molar-refractivity contribution < 1.29 is 40.2 Å². The SMILES string of the molecule is O=C(CCc1ccccc1)c1ccc(O)c(C2OC(CO)C(O)C(O)C2O)c1O. The summed E-state index contributed by atoms with van der Waals surface area (Å²) in [7, 11) is 0. The van der Waals surface area contributed by atoms with Gasteiger partial charge in [0.05, 0.1) is 17.7 Å². The molecule has 3 rings (SSSR count). The van der Waals surface area contributed by atoms with Crippen molar-refractivity contribution in [3.8, 4) is 11.5 Å². The Morgan fingerprint density at radius 1 is 0.931 bits per heavy atom. The quantitative estimate of drug-likeness (QED) is 0.380. The Labute approximate surface area is 167 Å². The molecule has 29 heavy (non-hydrogen) atoms. The third-order valence-corrected chi connectivity index (χ3v) is 5.15. The molecule has 1 aliphatic rings. The number of carbonyl (C=O) groups is 1. The largest absolute Gasteiger partial charge is 0.507 e. The number of aromatic hydroxyl groups is 2. The minimum atomic E-state index is -1.70. The number of carbonyl (C=O) groups excluding carboxylic acids is 1. The van der Waals surface area contributed by atoms with Crippen molar-refractivity contribution in [2.45, 2.75) is 43.4 Å². The van der Waals surface area contributed by atoms with E-state index in [1.165, 1.54) is 12.1 Å². The molecule has 5 atom stereocenters. The fourth-order valence-electron chi connectivity index (χ4n) is 3.48. The van der Waals surface area contributed by atoms with Gasteiger partial charge in [0.2, 0.25) is 0 Å². The molecule has 1 fully saturated rings. The molecule has 0 spiro atoms.